The first-order chi connectivity index (χ1) is 7.99. The van der Waals surface area contributed by atoms with Crippen molar-refractivity contribution in [1.29, 1.82) is 5.26 Å². The van der Waals surface area contributed by atoms with E-state index in [1.165, 1.54) is 0 Å². The summed E-state index contributed by atoms with van der Waals surface area (Å²) >= 11 is 0. The average molecular weight is 239 g/mol. The Morgan fingerprint density at radius 1 is 1.35 bits per heavy atom. The molecule has 2 nitrogen and oxygen atoms in total. The van der Waals surface area contributed by atoms with E-state index in [0.29, 0.717) is 6.42 Å². The van der Waals surface area contributed by atoms with Crippen LogP contribution in [-0.2, 0) is 6.18 Å². The van der Waals surface area contributed by atoms with Crippen molar-refractivity contribution in [2.45, 2.75) is 12.6 Å². The van der Waals surface area contributed by atoms with Crippen LogP contribution < -0.4 is 4.74 Å². The highest BCUT2D eigenvalue weighted by molar-refractivity contribution is 5.46. The molecule has 17 heavy (non-hydrogen) atoms. The number of nitriles is 1. The van der Waals surface area contributed by atoms with Crippen LogP contribution in [0.3, 0.4) is 0 Å². The Morgan fingerprint density at radius 2 is 2.06 bits per heavy atom. The van der Waals surface area contributed by atoms with E-state index in [-0.39, 0.29) is 17.9 Å². The van der Waals surface area contributed by atoms with Gasteiger partial charge >= 0.3 is 6.18 Å². The number of halogens is 3. The normalized spacial score (nSPS) is 10.4. The topological polar surface area (TPSA) is 33.0 Å². The highest BCUT2D eigenvalue weighted by atomic mass is 19.4. The van der Waals surface area contributed by atoms with Crippen molar-refractivity contribution in [1.82, 2.24) is 0 Å². The molecule has 0 saturated carbocycles. The summed E-state index contributed by atoms with van der Waals surface area (Å²) in [7, 11) is 0. The molecule has 0 atom stereocenters. The van der Waals surface area contributed by atoms with E-state index in [1.54, 1.807) is 6.07 Å². The molecule has 0 heterocycles. The molecule has 0 aliphatic rings. The first-order valence-corrected chi connectivity index (χ1v) is 4.66. The van der Waals surface area contributed by atoms with E-state index in [9.17, 15) is 13.2 Å². The lowest BCUT2D eigenvalue weighted by atomic mass is 10.1. The predicted octanol–water partition coefficient (Wildman–Crippen LogP) is 2.98. The molecule has 1 aromatic carbocycles. The maximum atomic E-state index is 12.4. The zero-order chi connectivity index (χ0) is 12.9. The van der Waals surface area contributed by atoms with Gasteiger partial charge in [0.05, 0.1) is 17.7 Å². The fourth-order valence-electron chi connectivity index (χ4n) is 1.14. The van der Waals surface area contributed by atoms with Crippen molar-refractivity contribution in [2.24, 2.45) is 0 Å². The van der Waals surface area contributed by atoms with Crippen molar-refractivity contribution in [3.8, 4) is 24.2 Å². The summed E-state index contributed by atoms with van der Waals surface area (Å²) < 4.78 is 42.2. The van der Waals surface area contributed by atoms with Crippen molar-refractivity contribution >= 4 is 0 Å². The molecule has 0 radical (unpaired) electrons. The number of terminal acetylenes is 1. The molecule has 0 spiro atoms. The Balaban J connectivity index is 2.96. The predicted molar refractivity (Wildman–Crippen MR) is 55.1 cm³/mol. The van der Waals surface area contributed by atoms with Gasteiger partial charge in [-0.25, -0.2) is 0 Å². The fourth-order valence-corrected chi connectivity index (χ4v) is 1.14. The van der Waals surface area contributed by atoms with Crippen LogP contribution in [0.25, 0.3) is 0 Å². The maximum absolute atomic E-state index is 12.4. The number of ether oxygens (including phenoxy) is 1. The Kier molecular flexibility index (Phi) is 4.01. The Bertz CT molecular complexity index is 480. The van der Waals surface area contributed by atoms with Crippen molar-refractivity contribution in [2.75, 3.05) is 6.61 Å². The Morgan fingerprint density at radius 3 is 2.59 bits per heavy atom. The van der Waals surface area contributed by atoms with Gasteiger partial charge in [-0.15, -0.1) is 12.3 Å². The summed E-state index contributed by atoms with van der Waals surface area (Å²) in [4.78, 5) is 0. The van der Waals surface area contributed by atoms with E-state index in [4.69, 9.17) is 16.4 Å². The second-order valence-corrected chi connectivity index (χ2v) is 3.12. The first-order valence-electron chi connectivity index (χ1n) is 4.66. The molecule has 0 aliphatic heterocycles. The lowest BCUT2D eigenvalue weighted by molar-refractivity contribution is -0.137. The molecule has 0 aliphatic carbocycles. The van der Waals surface area contributed by atoms with Gasteiger partial charge in [0, 0.05) is 6.42 Å². The zero-order valence-corrected chi connectivity index (χ0v) is 8.71. The van der Waals surface area contributed by atoms with Crippen LogP contribution in [-0.4, -0.2) is 6.61 Å². The van der Waals surface area contributed by atoms with Gasteiger partial charge in [-0.2, -0.15) is 18.4 Å². The van der Waals surface area contributed by atoms with Gasteiger partial charge in [0.15, 0.2) is 0 Å². The molecule has 0 saturated heterocycles. The molecule has 1 aromatic rings. The van der Waals surface area contributed by atoms with Gasteiger partial charge in [0.25, 0.3) is 0 Å². The summed E-state index contributed by atoms with van der Waals surface area (Å²) in [6, 6.07) is 4.40. The smallest absolute Gasteiger partial charge is 0.416 e. The lowest BCUT2D eigenvalue weighted by Gasteiger charge is -2.10. The van der Waals surface area contributed by atoms with E-state index in [1.807, 2.05) is 0 Å². The third-order valence-corrected chi connectivity index (χ3v) is 1.93. The summed E-state index contributed by atoms with van der Waals surface area (Å²) in [5.74, 6) is 2.43. The molecule has 0 N–H and O–H groups in total. The van der Waals surface area contributed by atoms with Crippen LogP contribution in [0, 0.1) is 23.7 Å². The minimum Gasteiger partial charge on any atom is -0.491 e. The number of rotatable bonds is 3. The zero-order valence-electron chi connectivity index (χ0n) is 8.71. The molecular formula is C12H8F3NO. The van der Waals surface area contributed by atoms with Crippen molar-refractivity contribution < 1.29 is 17.9 Å². The molecule has 1 rings (SSSR count). The third-order valence-electron chi connectivity index (χ3n) is 1.93. The third kappa shape index (κ3) is 3.42. The van der Waals surface area contributed by atoms with Crippen LogP contribution in [0.15, 0.2) is 18.2 Å². The fraction of sp³-hybridized carbons (Fsp3) is 0.250. The number of benzene rings is 1. The second-order valence-electron chi connectivity index (χ2n) is 3.12. The van der Waals surface area contributed by atoms with Crippen LogP contribution in [0.4, 0.5) is 13.2 Å². The van der Waals surface area contributed by atoms with Crippen LogP contribution in [0.2, 0.25) is 0 Å². The minimum absolute atomic E-state index is 0.107. The lowest BCUT2D eigenvalue weighted by Crippen LogP contribution is -2.06. The molecule has 5 heteroatoms. The van der Waals surface area contributed by atoms with Crippen LogP contribution >= 0.6 is 0 Å². The van der Waals surface area contributed by atoms with E-state index >= 15 is 0 Å². The van der Waals surface area contributed by atoms with Gasteiger partial charge in [-0.3, -0.25) is 0 Å². The van der Waals surface area contributed by atoms with E-state index in [0.717, 1.165) is 18.2 Å². The van der Waals surface area contributed by atoms with Gasteiger partial charge in [-0.1, -0.05) is 0 Å². The maximum Gasteiger partial charge on any atom is 0.416 e. The van der Waals surface area contributed by atoms with Crippen molar-refractivity contribution in [3.63, 3.8) is 0 Å². The van der Waals surface area contributed by atoms with Crippen LogP contribution in [0.5, 0.6) is 5.75 Å². The van der Waals surface area contributed by atoms with Crippen LogP contribution in [0.1, 0.15) is 17.5 Å². The monoisotopic (exact) mass is 239 g/mol. The van der Waals surface area contributed by atoms with E-state index in [2.05, 4.69) is 5.92 Å². The molecule has 0 aromatic heterocycles. The number of alkyl halides is 3. The molecule has 0 bridgehead atoms. The van der Waals surface area contributed by atoms with Gasteiger partial charge in [0.1, 0.15) is 11.8 Å². The summed E-state index contributed by atoms with van der Waals surface area (Å²) in [5, 5.41) is 8.73. The number of hydrogen-bond donors (Lipinski definition) is 0. The standard InChI is InChI=1S/C12H8F3NO/c1-2-3-6-17-11-5-4-10(12(13,14)15)7-9(11)8-16/h1,4-5,7H,3,6H2. The molecule has 88 valence electrons. The minimum atomic E-state index is -4.47. The summed E-state index contributed by atoms with van der Waals surface area (Å²) in [5.41, 5.74) is -1.03. The largest absolute Gasteiger partial charge is 0.491 e. The molecule has 0 unspecified atom stereocenters. The average Bonchev–Trinajstić information content (AvgIpc) is 2.28. The highest BCUT2D eigenvalue weighted by Crippen LogP contribution is 2.32. The molecule has 0 fully saturated rings. The van der Waals surface area contributed by atoms with Gasteiger partial charge in [-0.05, 0) is 18.2 Å². The first kappa shape index (κ1) is 12.9. The number of hydrogen-bond acceptors (Lipinski definition) is 2. The highest BCUT2D eigenvalue weighted by Gasteiger charge is 2.31. The Hall–Kier alpha value is -2.14. The summed E-state index contributed by atoms with van der Waals surface area (Å²) in [6.45, 7) is 0.163. The molecular weight excluding hydrogens is 231 g/mol. The summed E-state index contributed by atoms with van der Waals surface area (Å²) in [6.07, 6.45) is 0.857. The van der Waals surface area contributed by atoms with E-state index < -0.39 is 11.7 Å². The van der Waals surface area contributed by atoms with Gasteiger partial charge < -0.3 is 4.74 Å². The number of nitrogens with zero attached hydrogens (tertiary/aromatic N) is 1. The van der Waals surface area contributed by atoms with Crippen molar-refractivity contribution in [3.05, 3.63) is 29.3 Å². The quantitative estimate of drug-likeness (QED) is 0.600. The van der Waals surface area contributed by atoms with Gasteiger partial charge in [0.2, 0.25) is 0 Å². The molecule has 0 amide bonds. The SMILES string of the molecule is C#CCCOc1ccc(C(F)(F)F)cc1C#N. The Labute approximate surface area is 96.6 Å². The second kappa shape index (κ2) is 5.27.